The molecule has 8 heteroatoms. The number of fused-ring (bicyclic) bond motifs is 1. The van der Waals surface area contributed by atoms with Crippen molar-refractivity contribution in [2.75, 3.05) is 5.32 Å². The molecule has 0 saturated heterocycles. The molecule has 0 aliphatic rings. The van der Waals surface area contributed by atoms with Gasteiger partial charge in [-0.3, -0.25) is 4.79 Å². The van der Waals surface area contributed by atoms with Gasteiger partial charge in [-0.15, -0.1) is 0 Å². The van der Waals surface area contributed by atoms with Crippen LogP contribution in [0.25, 0.3) is 22.4 Å². The van der Waals surface area contributed by atoms with Gasteiger partial charge in [-0.05, 0) is 44.2 Å². The minimum atomic E-state index is -1.01. The Labute approximate surface area is 183 Å². The van der Waals surface area contributed by atoms with Gasteiger partial charge in [-0.1, -0.05) is 41.4 Å². The molecule has 31 heavy (non-hydrogen) atoms. The van der Waals surface area contributed by atoms with Crippen LogP contribution in [-0.2, 0) is 9.53 Å². The highest BCUT2D eigenvalue weighted by Gasteiger charge is 2.20. The van der Waals surface area contributed by atoms with Crippen molar-refractivity contribution in [2.45, 2.75) is 20.0 Å². The van der Waals surface area contributed by atoms with Gasteiger partial charge in [0.2, 0.25) is 0 Å². The van der Waals surface area contributed by atoms with E-state index in [2.05, 4.69) is 20.3 Å². The zero-order chi connectivity index (χ0) is 22.0. The monoisotopic (exact) mass is 434 g/mol. The highest BCUT2D eigenvalue weighted by atomic mass is 35.5. The number of nitrogens with zero attached hydrogens (tertiary/aromatic N) is 2. The third kappa shape index (κ3) is 4.73. The van der Waals surface area contributed by atoms with Gasteiger partial charge in [0, 0.05) is 11.8 Å². The summed E-state index contributed by atoms with van der Waals surface area (Å²) in [4.78, 5) is 36.6. The van der Waals surface area contributed by atoms with E-state index in [-0.39, 0.29) is 0 Å². The maximum Gasteiger partial charge on any atom is 0.338 e. The molecule has 0 bridgehead atoms. The van der Waals surface area contributed by atoms with E-state index < -0.39 is 18.0 Å². The summed E-state index contributed by atoms with van der Waals surface area (Å²) in [6.07, 6.45) is 0.406. The molecule has 2 aromatic heterocycles. The zero-order valence-electron chi connectivity index (χ0n) is 16.8. The Morgan fingerprint density at radius 3 is 2.58 bits per heavy atom. The Morgan fingerprint density at radius 1 is 1.10 bits per heavy atom. The van der Waals surface area contributed by atoms with E-state index in [0.717, 1.165) is 16.6 Å². The van der Waals surface area contributed by atoms with Crippen molar-refractivity contribution in [2.24, 2.45) is 0 Å². The molecule has 1 unspecified atom stereocenters. The van der Waals surface area contributed by atoms with Gasteiger partial charge >= 0.3 is 5.97 Å². The SMILES string of the molecule is Cc1ccc(-c2nc3ccc(C(=O)OC(C)C(=O)Nc4ccc(Cl)cn4)cc3[nH]2)cc1. The molecule has 0 aliphatic carbocycles. The molecule has 0 radical (unpaired) electrons. The predicted molar refractivity (Wildman–Crippen MR) is 119 cm³/mol. The number of ether oxygens (including phenoxy) is 1. The van der Waals surface area contributed by atoms with Crippen LogP contribution in [0.4, 0.5) is 5.82 Å². The third-order valence-corrected chi connectivity index (χ3v) is 4.90. The molecule has 0 aliphatic heterocycles. The first-order valence-electron chi connectivity index (χ1n) is 9.59. The number of rotatable bonds is 5. The largest absolute Gasteiger partial charge is 0.449 e. The number of carbonyl (C=O) groups excluding carboxylic acids is 2. The number of imidazole rings is 1. The van der Waals surface area contributed by atoms with E-state index in [1.807, 2.05) is 31.2 Å². The Hall–Kier alpha value is -3.71. The fraction of sp³-hybridized carbons (Fsp3) is 0.130. The molecular weight excluding hydrogens is 416 g/mol. The summed E-state index contributed by atoms with van der Waals surface area (Å²) in [5, 5.41) is 3.03. The van der Waals surface area contributed by atoms with Crippen LogP contribution in [0.1, 0.15) is 22.8 Å². The highest BCUT2D eigenvalue weighted by Crippen LogP contribution is 2.22. The van der Waals surface area contributed by atoms with E-state index in [1.54, 1.807) is 30.3 Å². The smallest absolute Gasteiger partial charge is 0.338 e. The number of aromatic amines is 1. The van der Waals surface area contributed by atoms with Crippen LogP contribution >= 0.6 is 11.6 Å². The Balaban J connectivity index is 1.46. The van der Waals surface area contributed by atoms with Crippen LogP contribution in [0, 0.1) is 6.92 Å². The first-order chi connectivity index (χ1) is 14.9. The molecule has 1 amide bonds. The topological polar surface area (TPSA) is 97.0 Å². The summed E-state index contributed by atoms with van der Waals surface area (Å²) in [6.45, 7) is 3.51. The van der Waals surface area contributed by atoms with E-state index in [9.17, 15) is 9.59 Å². The molecule has 4 rings (SSSR count). The number of hydrogen-bond donors (Lipinski definition) is 2. The first-order valence-corrected chi connectivity index (χ1v) is 9.97. The number of benzene rings is 2. The maximum absolute atomic E-state index is 12.5. The maximum atomic E-state index is 12.5. The van der Waals surface area contributed by atoms with Crippen LogP contribution in [0.3, 0.4) is 0 Å². The summed E-state index contributed by atoms with van der Waals surface area (Å²) in [5.41, 5.74) is 3.86. The number of H-pyrrole nitrogens is 1. The minimum absolute atomic E-state index is 0.316. The Kier molecular flexibility index (Phi) is 5.68. The lowest BCUT2D eigenvalue weighted by atomic mass is 10.1. The second-order valence-electron chi connectivity index (χ2n) is 7.08. The second-order valence-corrected chi connectivity index (χ2v) is 7.52. The van der Waals surface area contributed by atoms with Gasteiger partial charge in [-0.2, -0.15) is 0 Å². The summed E-state index contributed by atoms with van der Waals surface area (Å²) < 4.78 is 5.31. The Morgan fingerprint density at radius 2 is 1.87 bits per heavy atom. The average Bonchev–Trinajstić information content (AvgIpc) is 3.19. The van der Waals surface area contributed by atoms with Gasteiger partial charge in [0.25, 0.3) is 5.91 Å². The molecule has 4 aromatic rings. The first kappa shape index (κ1) is 20.6. The van der Waals surface area contributed by atoms with E-state index in [4.69, 9.17) is 16.3 Å². The van der Waals surface area contributed by atoms with Crippen LogP contribution in [0.5, 0.6) is 0 Å². The molecule has 156 valence electrons. The predicted octanol–water partition coefficient (Wildman–Crippen LogP) is 4.77. The molecular formula is C23H19ClN4O3. The lowest BCUT2D eigenvalue weighted by Gasteiger charge is -2.13. The van der Waals surface area contributed by atoms with Crippen LogP contribution in [0.15, 0.2) is 60.8 Å². The van der Waals surface area contributed by atoms with E-state index in [0.29, 0.717) is 27.7 Å². The van der Waals surface area contributed by atoms with Crippen molar-refractivity contribution in [1.29, 1.82) is 0 Å². The number of carbonyl (C=O) groups is 2. The number of aromatic nitrogens is 3. The number of pyridine rings is 1. The Bertz CT molecular complexity index is 1250. The number of nitrogens with one attached hydrogen (secondary N) is 2. The van der Waals surface area contributed by atoms with Crippen LogP contribution < -0.4 is 5.32 Å². The number of esters is 1. The lowest BCUT2D eigenvalue weighted by Crippen LogP contribution is -2.30. The fourth-order valence-corrected chi connectivity index (χ4v) is 3.06. The van der Waals surface area contributed by atoms with Gasteiger partial charge in [0.05, 0.1) is 21.6 Å². The lowest BCUT2D eigenvalue weighted by molar-refractivity contribution is -0.123. The van der Waals surface area contributed by atoms with Crippen LogP contribution in [-0.4, -0.2) is 32.9 Å². The average molecular weight is 435 g/mol. The zero-order valence-corrected chi connectivity index (χ0v) is 17.6. The van der Waals surface area contributed by atoms with E-state index in [1.165, 1.54) is 13.1 Å². The van der Waals surface area contributed by atoms with Gasteiger partial charge in [-0.25, -0.2) is 14.8 Å². The van der Waals surface area contributed by atoms with Crippen molar-refractivity contribution < 1.29 is 14.3 Å². The second kappa shape index (κ2) is 8.57. The normalized spacial score (nSPS) is 11.8. The quantitative estimate of drug-likeness (QED) is 0.441. The van der Waals surface area contributed by atoms with Gasteiger partial charge in [0.15, 0.2) is 6.10 Å². The van der Waals surface area contributed by atoms with Crippen molar-refractivity contribution in [3.63, 3.8) is 0 Å². The summed E-state index contributed by atoms with van der Waals surface area (Å²) in [6, 6.07) is 16.2. The standard InChI is InChI=1S/C23H19ClN4O3/c1-13-3-5-15(6-4-13)21-26-18-9-7-16(11-19(18)27-21)23(30)31-14(2)22(29)28-20-10-8-17(24)12-25-20/h3-12,14H,1-2H3,(H,26,27)(H,25,28,29). The molecule has 2 N–H and O–H groups in total. The molecule has 7 nitrogen and oxygen atoms in total. The number of aryl methyl sites for hydroxylation is 1. The number of amides is 1. The van der Waals surface area contributed by atoms with Crippen molar-refractivity contribution in [1.82, 2.24) is 15.0 Å². The summed E-state index contributed by atoms with van der Waals surface area (Å²) in [7, 11) is 0. The number of hydrogen-bond acceptors (Lipinski definition) is 5. The van der Waals surface area contributed by atoms with E-state index >= 15 is 0 Å². The minimum Gasteiger partial charge on any atom is -0.449 e. The van der Waals surface area contributed by atoms with Gasteiger partial charge in [0.1, 0.15) is 11.6 Å². The molecule has 2 aromatic carbocycles. The van der Waals surface area contributed by atoms with Crippen molar-refractivity contribution in [3.8, 4) is 11.4 Å². The molecule has 0 saturated carbocycles. The molecule has 0 spiro atoms. The number of anilines is 1. The van der Waals surface area contributed by atoms with Crippen molar-refractivity contribution in [3.05, 3.63) is 76.9 Å². The highest BCUT2D eigenvalue weighted by molar-refractivity contribution is 6.30. The van der Waals surface area contributed by atoms with Gasteiger partial charge < -0.3 is 15.0 Å². The molecule has 2 heterocycles. The van der Waals surface area contributed by atoms with Crippen molar-refractivity contribution >= 4 is 40.3 Å². The third-order valence-electron chi connectivity index (χ3n) is 4.67. The number of halogens is 1. The summed E-state index contributed by atoms with van der Waals surface area (Å²) >= 11 is 5.78. The fourth-order valence-electron chi connectivity index (χ4n) is 2.94. The summed E-state index contributed by atoms with van der Waals surface area (Å²) in [5.74, 6) is -0.0731. The molecule has 0 fully saturated rings. The molecule has 1 atom stereocenters. The van der Waals surface area contributed by atoms with Crippen LogP contribution in [0.2, 0.25) is 5.02 Å².